The van der Waals surface area contributed by atoms with Gasteiger partial charge in [0.1, 0.15) is 0 Å². The van der Waals surface area contributed by atoms with E-state index in [1.54, 1.807) is 0 Å². The summed E-state index contributed by atoms with van der Waals surface area (Å²) in [7, 11) is 1.47. The zero-order chi connectivity index (χ0) is 11.4. The molecule has 3 nitrogen and oxygen atoms in total. The van der Waals surface area contributed by atoms with Crippen molar-refractivity contribution in [3.8, 4) is 0 Å². The summed E-state index contributed by atoms with van der Waals surface area (Å²) in [5.41, 5.74) is 0. The smallest absolute Gasteiger partial charge is 0.306 e. The van der Waals surface area contributed by atoms with E-state index in [1.807, 2.05) is 0 Å². The monoisotopic (exact) mass is 225 g/mol. The van der Waals surface area contributed by atoms with Gasteiger partial charge in [-0.15, -0.1) is 0 Å². The molecule has 1 saturated carbocycles. The first-order valence-electron chi connectivity index (χ1n) is 6.62. The maximum absolute atomic E-state index is 11.1. The highest BCUT2D eigenvalue weighted by Gasteiger charge is 2.32. The molecule has 16 heavy (non-hydrogen) atoms. The molecule has 1 aliphatic carbocycles. The summed E-state index contributed by atoms with van der Waals surface area (Å²) < 4.78 is 4.71. The van der Waals surface area contributed by atoms with Crippen molar-refractivity contribution in [2.75, 3.05) is 20.2 Å². The standard InChI is InChI=1S/C13H23NO2/c1-16-13(15)8-10-14-9-4-7-12(14)11-5-2-3-6-11/h11-12H,2-10H2,1H3. The number of esters is 1. The Morgan fingerprint density at radius 1 is 1.25 bits per heavy atom. The topological polar surface area (TPSA) is 29.5 Å². The molecule has 0 spiro atoms. The van der Waals surface area contributed by atoms with Crippen molar-refractivity contribution < 1.29 is 9.53 Å². The lowest BCUT2D eigenvalue weighted by Gasteiger charge is -2.28. The maximum atomic E-state index is 11.1. The average molecular weight is 225 g/mol. The van der Waals surface area contributed by atoms with Gasteiger partial charge in [0, 0.05) is 12.6 Å². The van der Waals surface area contributed by atoms with Gasteiger partial charge in [0.25, 0.3) is 0 Å². The number of hydrogen-bond donors (Lipinski definition) is 0. The fraction of sp³-hybridized carbons (Fsp3) is 0.923. The summed E-state index contributed by atoms with van der Waals surface area (Å²) in [6.45, 7) is 2.08. The van der Waals surface area contributed by atoms with Gasteiger partial charge in [-0.2, -0.15) is 0 Å². The van der Waals surface area contributed by atoms with E-state index in [0.29, 0.717) is 6.42 Å². The maximum Gasteiger partial charge on any atom is 0.306 e. The lowest BCUT2D eigenvalue weighted by molar-refractivity contribution is -0.141. The molecule has 1 aliphatic heterocycles. The molecular formula is C13H23NO2. The van der Waals surface area contributed by atoms with Crippen molar-refractivity contribution in [3.05, 3.63) is 0 Å². The van der Waals surface area contributed by atoms with Crippen LogP contribution in [0.2, 0.25) is 0 Å². The van der Waals surface area contributed by atoms with E-state index in [-0.39, 0.29) is 5.97 Å². The second-order valence-electron chi connectivity index (χ2n) is 5.12. The van der Waals surface area contributed by atoms with Gasteiger partial charge in [0.2, 0.25) is 0 Å². The Labute approximate surface area is 98.1 Å². The molecule has 1 atom stereocenters. The van der Waals surface area contributed by atoms with Gasteiger partial charge < -0.3 is 4.74 Å². The summed E-state index contributed by atoms with van der Waals surface area (Å²) in [4.78, 5) is 13.7. The zero-order valence-corrected chi connectivity index (χ0v) is 10.3. The first-order chi connectivity index (χ1) is 7.81. The van der Waals surface area contributed by atoms with Crippen LogP contribution in [0.1, 0.15) is 44.9 Å². The van der Waals surface area contributed by atoms with E-state index in [9.17, 15) is 4.79 Å². The van der Waals surface area contributed by atoms with E-state index >= 15 is 0 Å². The summed E-state index contributed by atoms with van der Waals surface area (Å²) in [5, 5.41) is 0. The van der Waals surface area contributed by atoms with Gasteiger partial charge in [0.15, 0.2) is 0 Å². The quantitative estimate of drug-likeness (QED) is 0.687. The third kappa shape index (κ3) is 2.76. The Morgan fingerprint density at radius 3 is 2.69 bits per heavy atom. The number of nitrogens with zero attached hydrogens (tertiary/aromatic N) is 1. The second-order valence-corrected chi connectivity index (χ2v) is 5.12. The molecule has 92 valence electrons. The molecule has 0 aromatic heterocycles. The van der Waals surface area contributed by atoms with E-state index in [0.717, 1.165) is 18.5 Å². The lowest BCUT2D eigenvalue weighted by Crippen LogP contribution is -2.36. The van der Waals surface area contributed by atoms with Crippen molar-refractivity contribution in [3.63, 3.8) is 0 Å². The van der Waals surface area contributed by atoms with Crippen molar-refractivity contribution in [1.29, 1.82) is 0 Å². The fourth-order valence-electron chi connectivity index (χ4n) is 3.34. The largest absolute Gasteiger partial charge is 0.469 e. The second kappa shape index (κ2) is 5.67. The van der Waals surface area contributed by atoms with Crippen LogP contribution in [0.15, 0.2) is 0 Å². The molecule has 0 N–H and O–H groups in total. The molecule has 0 bridgehead atoms. The Morgan fingerprint density at radius 2 is 2.00 bits per heavy atom. The van der Waals surface area contributed by atoms with Crippen molar-refractivity contribution >= 4 is 5.97 Å². The summed E-state index contributed by atoms with van der Waals surface area (Å²) in [5.74, 6) is 0.831. The van der Waals surface area contributed by atoms with E-state index < -0.39 is 0 Å². The fourth-order valence-corrected chi connectivity index (χ4v) is 3.34. The number of carbonyl (C=O) groups is 1. The van der Waals surface area contributed by atoms with Crippen LogP contribution in [-0.4, -0.2) is 37.1 Å². The molecule has 1 unspecified atom stereocenters. The van der Waals surface area contributed by atoms with Crippen LogP contribution < -0.4 is 0 Å². The molecule has 2 fully saturated rings. The number of hydrogen-bond acceptors (Lipinski definition) is 3. The molecule has 2 rings (SSSR count). The Balaban J connectivity index is 1.80. The van der Waals surface area contributed by atoms with Gasteiger partial charge >= 0.3 is 5.97 Å². The highest BCUT2D eigenvalue weighted by molar-refractivity contribution is 5.69. The predicted octanol–water partition coefficient (Wildman–Crippen LogP) is 2.20. The van der Waals surface area contributed by atoms with Crippen LogP contribution in [0.4, 0.5) is 0 Å². The first kappa shape index (κ1) is 11.9. The minimum Gasteiger partial charge on any atom is -0.469 e. The van der Waals surface area contributed by atoms with Crippen molar-refractivity contribution in [2.45, 2.75) is 51.0 Å². The Hall–Kier alpha value is -0.570. The van der Waals surface area contributed by atoms with Gasteiger partial charge in [-0.05, 0) is 38.1 Å². The average Bonchev–Trinajstić information content (AvgIpc) is 2.95. The highest BCUT2D eigenvalue weighted by atomic mass is 16.5. The van der Waals surface area contributed by atoms with E-state index in [2.05, 4.69) is 4.90 Å². The molecule has 0 amide bonds. The molecule has 0 radical (unpaired) electrons. The van der Waals surface area contributed by atoms with Gasteiger partial charge in [-0.1, -0.05) is 12.8 Å². The van der Waals surface area contributed by atoms with Crippen LogP contribution in [0, 0.1) is 5.92 Å². The SMILES string of the molecule is COC(=O)CCN1CCCC1C1CCCC1. The molecule has 0 aromatic carbocycles. The molecule has 3 heteroatoms. The van der Waals surface area contributed by atoms with Crippen LogP contribution in [0.5, 0.6) is 0 Å². The Kier molecular flexibility index (Phi) is 4.22. The van der Waals surface area contributed by atoms with Gasteiger partial charge in [-0.25, -0.2) is 0 Å². The van der Waals surface area contributed by atoms with Gasteiger partial charge in [0.05, 0.1) is 13.5 Å². The Bertz CT molecular complexity index is 236. The predicted molar refractivity (Wildman–Crippen MR) is 63.2 cm³/mol. The number of rotatable bonds is 4. The number of methoxy groups -OCH3 is 1. The third-order valence-electron chi connectivity index (χ3n) is 4.19. The van der Waals surface area contributed by atoms with Gasteiger partial charge in [-0.3, -0.25) is 9.69 Å². The van der Waals surface area contributed by atoms with Crippen molar-refractivity contribution in [1.82, 2.24) is 4.90 Å². The van der Waals surface area contributed by atoms with E-state index in [4.69, 9.17) is 4.74 Å². The van der Waals surface area contributed by atoms with Crippen molar-refractivity contribution in [2.24, 2.45) is 5.92 Å². The molecule has 1 heterocycles. The minimum absolute atomic E-state index is 0.0722. The summed E-state index contributed by atoms with van der Waals surface area (Å²) >= 11 is 0. The normalized spacial score (nSPS) is 27.4. The molecule has 2 aliphatic rings. The molecule has 0 aromatic rings. The summed E-state index contributed by atoms with van der Waals surface area (Å²) in [6.07, 6.45) is 8.82. The third-order valence-corrected chi connectivity index (χ3v) is 4.19. The number of carbonyl (C=O) groups excluding carboxylic acids is 1. The van der Waals surface area contributed by atoms with Crippen LogP contribution in [0.3, 0.4) is 0 Å². The van der Waals surface area contributed by atoms with Crippen LogP contribution >= 0.6 is 0 Å². The highest BCUT2D eigenvalue weighted by Crippen LogP contribution is 2.35. The van der Waals surface area contributed by atoms with Crippen LogP contribution in [0.25, 0.3) is 0 Å². The zero-order valence-electron chi connectivity index (χ0n) is 10.3. The number of likely N-dealkylation sites (tertiary alicyclic amines) is 1. The number of ether oxygens (including phenoxy) is 1. The molecule has 1 saturated heterocycles. The van der Waals surface area contributed by atoms with E-state index in [1.165, 1.54) is 52.2 Å². The minimum atomic E-state index is -0.0722. The summed E-state index contributed by atoms with van der Waals surface area (Å²) in [6, 6.07) is 0.757. The lowest BCUT2D eigenvalue weighted by atomic mass is 9.96. The first-order valence-corrected chi connectivity index (χ1v) is 6.62. The molecular weight excluding hydrogens is 202 g/mol. The van der Waals surface area contributed by atoms with Crippen LogP contribution in [-0.2, 0) is 9.53 Å².